The number of aliphatic carboxylic acids is 1. The van der Waals surface area contributed by atoms with Crippen molar-refractivity contribution in [2.45, 2.75) is 13.0 Å². The SMILES string of the molecule is C[C@@H](NC(=O)c1cc(N2CCNC2=O)ccc1F)C(=O)O. The van der Waals surface area contributed by atoms with Gasteiger partial charge in [0, 0.05) is 18.8 Å². The number of amides is 3. The molecule has 0 aliphatic carbocycles. The summed E-state index contributed by atoms with van der Waals surface area (Å²) >= 11 is 0. The molecule has 1 saturated heterocycles. The fourth-order valence-corrected chi connectivity index (χ4v) is 1.91. The quantitative estimate of drug-likeness (QED) is 0.755. The zero-order valence-electron chi connectivity index (χ0n) is 11.2. The Bertz CT molecular complexity index is 605. The van der Waals surface area contributed by atoms with E-state index in [0.29, 0.717) is 18.8 Å². The molecular formula is C13H14FN3O4. The normalized spacial score (nSPS) is 15.5. The summed E-state index contributed by atoms with van der Waals surface area (Å²) in [6, 6.07) is 2.21. The number of halogens is 1. The molecule has 112 valence electrons. The summed E-state index contributed by atoms with van der Waals surface area (Å²) in [4.78, 5) is 35.5. The third kappa shape index (κ3) is 3.10. The molecule has 7 nitrogen and oxygen atoms in total. The number of nitrogens with one attached hydrogen (secondary N) is 2. The number of urea groups is 1. The lowest BCUT2D eigenvalue weighted by Gasteiger charge is -2.16. The van der Waals surface area contributed by atoms with Crippen LogP contribution in [0.25, 0.3) is 0 Å². The van der Waals surface area contributed by atoms with Gasteiger partial charge in [-0.2, -0.15) is 0 Å². The Morgan fingerprint density at radius 2 is 2.19 bits per heavy atom. The van der Waals surface area contributed by atoms with Crippen molar-refractivity contribution < 1.29 is 23.9 Å². The number of carbonyl (C=O) groups is 3. The number of carboxylic acids is 1. The molecule has 0 unspecified atom stereocenters. The number of anilines is 1. The number of hydrogen-bond acceptors (Lipinski definition) is 3. The summed E-state index contributed by atoms with van der Waals surface area (Å²) in [6.45, 7) is 2.15. The molecule has 1 fully saturated rings. The Morgan fingerprint density at radius 3 is 2.76 bits per heavy atom. The van der Waals surface area contributed by atoms with Gasteiger partial charge in [0.1, 0.15) is 11.9 Å². The smallest absolute Gasteiger partial charge is 0.325 e. The first-order valence-electron chi connectivity index (χ1n) is 6.28. The minimum absolute atomic E-state index is 0.305. The summed E-state index contributed by atoms with van der Waals surface area (Å²) in [7, 11) is 0. The van der Waals surface area contributed by atoms with Crippen LogP contribution in [-0.2, 0) is 4.79 Å². The number of carbonyl (C=O) groups excluding carboxylic acids is 2. The molecule has 0 radical (unpaired) electrons. The Labute approximate surface area is 119 Å². The average molecular weight is 295 g/mol. The Balaban J connectivity index is 2.25. The van der Waals surface area contributed by atoms with E-state index in [1.165, 1.54) is 24.0 Å². The van der Waals surface area contributed by atoms with Gasteiger partial charge >= 0.3 is 12.0 Å². The molecule has 0 spiro atoms. The standard InChI is InChI=1S/C13H14FN3O4/c1-7(12(19)20)16-11(18)9-6-8(2-3-10(9)14)17-5-4-15-13(17)21/h2-3,6-7H,4-5H2,1H3,(H,15,21)(H,16,18)(H,19,20)/t7-/m1/s1. The second kappa shape index (κ2) is 5.78. The molecule has 1 heterocycles. The van der Waals surface area contributed by atoms with Gasteiger partial charge in [0.15, 0.2) is 0 Å². The summed E-state index contributed by atoms with van der Waals surface area (Å²) in [5.41, 5.74) is 0.0693. The molecule has 0 bridgehead atoms. The van der Waals surface area contributed by atoms with Crippen LogP contribution in [0.15, 0.2) is 18.2 Å². The Hall–Kier alpha value is -2.64. The molecular weight excluding hydrogens is 281 g/mol. The van der Waals surface area contributed by atoms with Crippen LogP contribution in [0.3, 0.4) is 0 Å². The van der Waals surface area contributed by atoms with Crippen molar-refractivity contribution in [1.82, 2.24) is 10.6 Å². The topological polar surface area (TPSA) is 98.7 Å². The van der Waals surface area contributed by atoms with E-state index in [-0.39, 0.29) is 11.6 Å². The molecule has 8 heteroatoms. The van der Waals surface area contributed by atoms with E-state index < -0.39 is 23.7 Å². The van der Waals surface area contributed by atoms with Crippen molar-refractivity contribution in [2.24, 2.45) is 0 Å². The maximum atomic E-state index is 13.7. The highest BCUT2D eigenvalue weighted by atomic mass is 19.1. The Kier molecular flexibility index (Phi) is 4.06. The lowest BCUT2D eigenvalue weighted by molar-refractivity contribution is -0.138. The molecule has 0 saturated carbocycles. The minimum Gasteiger partial charge on any atom is -0.480 e. The molecule has 21 heavy (non-hydrogen) atoms. The van der Waals surface area contributed by atoms with Crippen LogP contribution < -0.4 is 15.5 Å². The first kappa shape index (κ1) is 14.8. The first-order chi connectivity index (χ1) is 9.90. The number of benzene rings is 1. The molecule has 3 N–H and O–H groups in total. The average Bonchev–Trinajstić information content (AvgIpc) is 2.85. The van der Waals surface area contributed by atoms with Crippen LogP contribution in [0.4, 0.5) is 14.9 Å². The summed E-state index contributed by atoms with van der Waals surface area (Å²) < 4.78 is 13.7. The van der Waals surface area contributed by atoms with Crippen LogP contribution in [0.2, 0.25) is 0 Å². The van der Waals surface area contributed by atoms with Gasteiger partial charge in [-0.15, -0.1) is 0 Å². The first-order valence-corrected chi connectivity index (χ1v) is 6.28. The highest BCUT2D eigenvalue weighted by Crippen LogP contribution is 2.20. The van der Waals surface area contributed by atoms with Crippen LogP contribution in [0.5, 0.6) is 0 Å². The van der Waals surface area contributed by atoms with Crippen LogP contribution in [-0.4, -0.2) is 42.1 Å². The summed E-state index contributed by atoms with van der Waals surface area (Å²) in [5, 5.41) is 13.5. The fraction of sp³-hybridized carbons (Fsp3) is 0.308. The van der Waals surface area contributed by atoms with Gasteiger partial charge < -0.3 is 15.7 Å². The molecule has 1 aliphatic rings. The largest absolute Gasteiger partial charge is 0.480 e. The van der Waals surface area contributed by atoms with Gasteiger partial charge in [0.2, 0.25) is 0 Å². The summed E-state index contributed by atoms with van der Waals surface area (Å²) in [5.74, 6) is -2.85. The van der Waals surface area contributed by atoms with Gasteiger partial charge in [0.25, 0.3) is 5.91 Å². The Morgan fingerprint density at radius 1 is 1.48 bits per heavy atom. The molecule has 2 rings (SSSR count). The van der Waals surface area contributed by atoms with Crippen LogP contribution in [0, 0.1) is 5.82 Å². The zero-order chi connectivity index (χ0) is 15.6. The maximum Gasteiger partial charge on any atom is 0.325 e. The van der Waals surface area contributed by atoms with Gasteiger partial charge in [-0.1, -0.05) is 0 Å². The van der Waals surface area contributed by atoms with E-state index >= 15 is 0 Å². The highest BCUT2D eigenvalue weighted by Gasteiger charge is 2.24. The van der Waals surface area contributed by atoms with Crippen molar-refractivity contribution in [3.05, 3.63) is 29.6 Å². The van der Waals surface area contributed by atoms with E-state index in [2.05, 4.69) is 10.6 Å². The van der Waals surface area contributed by atoms with Gasteiger partial charge in [-0.3, -0.25) is 14.5 Å². The van der Waals surface area contributed by atoms with Crippen molar-refractivity contribution >= 4 is 23.6 Å². The fourth-order valence-electron chi connectivity index (χ4n) is 1.91. The number of carboxylic acid groups (broad SMARTS) is 1. The monoisotopic (exact) mass is 295 g/mol. The second-order valence-corrected chi connectivity index (χ2v) is 4.58. The van der Waals surface area contributed by atoms with E-state index in [9.17, 15) is 18.8 Å². The van der Waals surface area contributed by atoms with E-state index in [1.54, 1.807) is 0 Å². The molecule has 0 aromatic heterocycles. The van der Waals surface area contributed by atoms with Gasteiger partial charge in [0.05, 0.1) is 5.56 Å². The number of hydrogen-bond donors (Lipinski definition) is 3. The van der Waals surface area contributed by atoms with Gasteiger partial charge in [-0.25, -0.2) is 9.18 Å². The molecule has 1 aromatic carbocycles. The highest BCUT2D eigenvalue weighted by molar-refractivity contribution is 5.99. The predicted octanol–water partition coefficient (Wildman–Crippen LogP) is 0.558. The van der Waals surface area contributed by atoms with Gasteiger partial charge in [-0.05, 0) is 25.1 Å². The third-order valence-corrected chi connectivity index (χ3v) is 3.08. The third-order valence-electron chi connectivity index (χ3n) is 3.08. The second-order valence-electron chi connectivity index (χ2n) is 4.58. The van der Waals surface area contributed by atoms with Crippen LogP contribution in [0.1, 0.15) is 17.3 Å². The van der Waals surface area contributed by atoms with Crippen molar-refractivity contribution in [3.8, 4) is 0 Å². The summed E-state index contributed by atoms with van der Waals surface area (Å²) in [6.07, 6.45) is 0. The maximum absolute atomic E-state index is 13.7. The van der Waals surface area contributed by atoms with E-state index in [1.807, 2.05) is 0 Å². The van der Waals surface area contributed by atoms with Crippen molar-refractivity contribution in [3.63, 3.8) is 0 Å². The molecule has 1 aliphatic heterocycles. The minimum atomic E-state index is -1.22. The van der Waals surface area contributed by atoms with E-state index in [4.69, 9.17) is 5.11 Å². The molecule has 1 aromatic rings. The van der Waals surface area contributed by atoms with Crippen LogP contribution >= 0.6 is 0 Å². The number of nitrogens with zero attached hydrogens (tertiary/aromatic N) is 1. The predicted molar refractivity (Wildman–Crippen MR) is 71.7 cm³/mol. The number of rotatable bonds is 4. The molecule has 3 amide bonds. The lowest BCUT2D eigenvalue weighted by atomic mass is 10.1. The van der Waals surface area contributed by atoms with Crippen molar-refractivity contribution in [1.29, 1.82) is 0 Å². The lowest BCUT2D eigenvalue weighted by Crippen LogP contribution is -2.38. The molecule has 1 atom stereocenters. The van der Waals surface area contributed by atoms with Crippen molar-refractivity contribution in [2.75, 3.05) is 18.0 Å². The van der Waals surface area contributed by atoms with E-state index in [0.717, 1.165) is 6.07 Å². The zero-order valence-corrected chi connectivity index (χ0v) is 11.2.